The van der Waals surface area contributed by atoms with E-state index in [1.807, 2.05) is 0 Å². The third-order valence-electron chi connectivity index (χ3n) is 7.37. The molecule has 0 aliphatic carbocycles. The molecule has 0 saturated carbocycles. The molecule has 3 heteroatoms. The molecule has 0 fully saturated rings. The summed E-state index contributed by atoms with van der Waals surface area (Å²) in [6.07, 6.45) is 6.66. The third-order valence-corrected chi connectivity index (χ3v) is 9.44. The molecule has 2 nitrogen and oxygen atoms in total. The van der Waals surface area contributed by atoms with Crippen LogP contribution in [0.3, 0.4) is 0 Å². The number of ether oxygens (including phenoxy) is 1. The molecule has 3 aromatic rings. The van der Waals surface area contributed by atoms with Gasteiger partial charge in [0.25, 0.3) is 0 Å². The van der Waals surface area contributed by atoms with Crippen molar-refractivity contribution in [1.82, 2.24) is 0 Å². The molecule has 0 heterocycles. The van der Waals surface area contributed by atoms with Gasteiger partial charge in [-0.05, 0) is 73.5 Å². The molecular weight excluding hydrogens is 493 g/mol. The van der Waals surface area contributed by atoms with Crippen molar-refractivity contribution in [3.8, 4) is 5.75 Å². The molecule has 3 rings (SSSR count). The van der Waals surface area contributed by atoms with Gasteiger partial charge in [0.05, 0.1) is 5.54 Å². The number of hydrogen-bond donors (Lipinski definition) is 0. The third kappa shape index (κ3) is 8.52. The topological polar surface area (TPSA) is 21.6 Å². The Labute approximate surface area is 240 Å². The van der Waals surface area contributed by atoms with Crippen LogP contribution in [0.5, 0.6) is 5.75 Å². The minimum atomic E-state index is -0.100. The molecule has 0 aliphatic rings. The van der Waals surface area contributed by atoms with Crippen LogP contribution in [0.2, 0.25) is 0 Å². The molecule has 39 heavy (non-hydrogen) atoms. The predicted molar refractivity (Wildman–Crippen MR) is 174 cm³/mol. The van der Waals surface area contributed by atoms with Crippen molar-refractivity contribution in [3.63, 3.8) is 0 Å². The Balaban J connectivity index is 2.19. The van der Waals surface area contributed by atoms with Crippen LogP contribution in [-0.2, 0) is 17.2 Å². The maximum atomic E-state index is 6.75. The van der Waals surface area contributed by atoms with E-state index in [9.17, 15) is 0 Å². The summed E-state index contributed by atoms with van der Waals surface area (Å²) in [6, 6.07) is 24.2. The Morgan fingerprint density at radius 3 is 2.15 bits per heavy atom. The van der Waals surface area contributed by atoms with Gasteiger partial charge in [0.1, 0.15) is 12.4 Å². The number of hydrogen-bond acceptors (Lipinski definition) is 2. The summed E-state index contributed by atoms with van der Waals surface area (Å²) >= 11 is 0. The lowest BCUT2D eigenvalue weighted by Crippen LogP contribution is -2.26. The van der Waals surface area contributed by atoms with E-state index < -0.39 is 0 Å². The van der Waals surface area contributed by atoms with E-state index in [0.29, 0.717) is 15.2 Å². The smallest absolute Gasteiger partial charge is 0.126 e. The van der Waals surface area contributed by atoms with Crippen molar-refractivity contribution in [1.29, 1.82) is 0 Å². The molecule has 2 atom stereocenters. The zero-order valence-corrected chi connectivity index (χ0v) is 26.8. The quantitative estimate of drug-likeness (QED) is 0.174. The van der Waals surface area contributed by atoms with Crippen LogP contribution in [0.15, 0.2) is 71.7 Å². The van der Waals surface area contributed by atoms with Crippen molar-refractivity contribution in [2.24, 2.45) is 4.99 Å². The molecule has 0 bridgehead atoms. The van der Waals surface area contributed by atoms with E-state index in [4.69, 9.17) is 9.73 Å². The Kier molecular flexibility index (Phi) is 10.6. The fourth-order valence-electron chi connectivity index (χ4n) is 4.93. The lowest BCUT2D eigenvalue weighted by molar-refractivity contribution is 0.295. The fourth-order valence-corrected chi connectivity index (χ4v) is 6.71. The molecule has 2 unspecified atom stereocenters. The van der Waals surface area contributed by atoms with Crippen LogP contribution >= 0.6 is 8.58 Å². The molecule has 0 radical (unpaired) electrons. The highest BCUT2D eigenvalue weighted by Gasteiger charge is 2.35. The maximum absolute atomic E-state index is 6.75. The molecule has 210 valence electrons. The summed E-state index contributed by atoms with van der Waals surface area (Å²) in [7, 11) is 0.617. The van der Waals surface area contributed by atoms with E-state index in [1.54, 1.807) is 0 Å². The molecule has 0 aromatic heterocycles. The van der Waals surface area contributed by atoms with Crippen molar-refractivity contribution < 1.29 is 4.74 Å². The van der Waals surface area contributed by atoms with Gasteiger partial charge < -0.3 is 4.74 Å². The fraction of sp³-hybridized carbons (Fsp3) is 0.472. The minimum absolute atomic E-state index is 0.0142. The van der Waals surface area contributed by atoms with Gasteiger partial charge in [-0.15, -0.1) is 0 Å². The number of aryl methyl sites for hydroxylation is 1. The van der Waals surface area contributed by atoms with Crippen molar-refractivity contribution in [2.75, 3.05) is 0 Å². The van der Waals surface area contributed by atoms with E-state index in [2.05, 4.69) is 135 Å². The molecule has 0 N–H and O–H groups in total. The standard InChI is InChI=1S/C36H50NOP/c1-10-12-22-36(11-2,39-32-21-17-16-20-29(32)25-37-35(7,8)9)31-24-30(34(4,5)6)23-27(3)33(31)38-26-28-18-14-13-15-19-28/h13-21,23-25,39H,10-12,22,26H2,1-9H3/b37-25+. The highest BCUT2D eigenvalue weighted by atomic mass is 31.1. The minimum Gasteiger partial charge on any atom is -0.488 e. The van der Waals surface area contributed by atoms with Gasteiger partial charge in [0, 0.05) is 16.9 Å². The lowest BCUT2D eigenvalue weighted by Gasteiger charge is -2.37. The first-order valence-electron chi connectivity index (χ1n) is 14.6. The van der Waals surface area contributed by atoms with Gasteiger partial charge >= 0.3 is 0 Å². The molecule has 0 saturated heterocycles. The number of rotatable bonds is 11. The molecular formula is C36H50NOP. The van der Waals surface area contributed by atoms with Gasteiger partial charge in [-0.25, -0.2) is 0 Å². The van der Waals surface area contributed by atoms with Crippen LogP contribution in [0.4, 0.5) is 0 Å². The van der Waals surface area contributed by atoms with Crippen LogP contribution < -0.4 is 10.0 Å². The molecule has 0 spiro atoms. The van der Waals surface area contributed by atoms with E-state index in [1.165, 1.54) is 46.0 Å². The van der Waals surface area contributed by atoms with Gasteiger partial charge in [-0.3, -0.25) is 4.99 Å². The molecule has 3 aromatic carbocycles. The average molecular weight is 544 g/mol. The molecule has 0 amide bonds. The van der Waals surface area contributed by atoms with E-state index >= 15 is 0 Å². The van der Waals surface area contributed by atoms with Gasteiger partial charge in [0.2, 0.25) is 0 Å². The van der Waals surface area contributed by atoms with Gasteiger partial charge in [-0.1, -0.05) is 123 Å². The Morgan fingerprint density at radius 2 is 1.54 bits per heavy atom. The Bertz CT molecular complexity index is 1230. The summed E-state index contributed by atoms with van der Waals surface area (Å²) in [4.78, 5) is 4.87. The summed E-state index contributed by atoms with van der Waals surface area (Å²) in [5.74, 6) is 1.07. The Morgan fingerprint density at radius 1 is 0.872 bits per heavy atom. The summed E-state index contributed by atoms with van der Waals surface area (Å²) in [6.45, 7) is 20.9. The number of nitrogens with zero attached hydrogens (tertiary/aromatic N) is 1. The van der Waals surface area contributed by atoms with Gasteiger partial charge in [0.15, 0.2) is 0 Å². The first-order chi connectivity index (χ1) is 18.4. The maximum Gasteiger partial charge on any atom is 0.126 e. The van der Waals surface area contributed by atoms with Crippen LogP contribution in [0, 0.1) is 6.92 Å². The lowest BCUT2D eigenvalue weighted by atomic mass is 9.80. The second kappa shape index (κ2) is 13.3. The second-order valence-corrected chi connectivity index (χ2v) is 14.6. The van der Waals surface area contributed by atoms with Crippen LogP contribution in [0.1, 0.15) is 109 Å². The SMILES string of the molecule is CCCCC(CC)(Pc1ccccc1/C=N/C(C)(C)C)c1cc(C(C)(C)C)cc(C)c1OCc1ccccc1. The highest BCUT2D eigenvalue weighted by Crippen LogP contribution is 2.53. The first-order valence-corrected chi connectivity index (χ1v) is 15.6. The average Bonchev–Trinajstić information content (AvgIpc) is 2.89. The Hall–Kier alpha value is -2.44. The number of benzene rings is 3. The van der Waals surface area contributed by atoms with Crippen molar-refractivity contribution in [3.05, 3.63) is 94.5 Å². The van der Waals surface area contributed by atoms with Crippen LogP contribution in [-0.4, -0.2) is 11.8 Å². The first kappa shape index (κ1) is 31.1. The zero-order chi connectivity index (χ0) is 28.7. The summed E-state index contributed by atoms with van der Waals surface area (Å²) in [5, 5.41) is 1.37. The van der Waals surface area contributed by atoms with E-state index in [-0.39, 0.29) is 16.1 Å². The van der Waals surface area contributed by atoms with Crippen molar-refractivity contribution in [2.45, 2.75) is 111 Å². The van der Waals surface area contributed by atoms with E-state index in [0.717, 1.165) is 18.6 Å². The highest BCUT2D eigenvalue weighted by molar-refractivity contribution is 7.48. The normalized spacial score (nSPS) is 14.3. The van der Waals surface area contributed by atoms with Crippen molar-refractivity contribution >= 4 is 20.1 Å². The van der Waals surface area contributed by atoms with Gasteiger partial charge in [-0.2, -0.15) is 0 Å². The zero-order valence-electron chi connectivity index (χ0n) is 25.8. The monoisotopic (exact) mass is 543 g/mol. The summed E-state index contributed by atoms with van der Waals surface area (Å²) < 4.78 is 6.75. The number of unbranched alkanes of at least 4 members (excludes halogenated alkanes) is 1. The number of aliphatic imine (C=N–C) groups is 1. The van der Waals surface area contributed by atoms with Crippen LogP contribution in [0.25, 0.3) is 0 Å². The summed E-state index contributed by atoms with van der Waals surface area (Å²) in [5.41, 5.74) is 6.37. The second-order valence-electron chi connectivity index (χ2n) is 12.9. The molecule has 0 aliphatic heterocycles. The largest absolute Gasteiger partial charge is 0.488 e. The predicted octanol–water partition coefficient (Wildman–Crippen LogP) is 9.89.